The number of hydrogen-bond acceptors (Lipinski definition) is 5. The maximum atomic E-state index is 10.2. The Kier molecular flexibility index (Phi) is 8.48. The Balaban J connectivity index is 1.05. The van der Waals surface area contributed by atoms with Gasteiger partial charge in [-0.15, -0.1) is 0 Å². The standard InChI is InChI=1S/C52H32N4O/c53-33-43-30-39(35-14-6-2-7-15-35)26-28-44(43)40-18-10-19-41(31-40)51-54-50(38-16-8-3-9-17-38)55-52(56-51)42-27-29-46-48(32-42)57-47-21-11-20-45(49(46)47)37-24-22-36(23-25-37)34-12-4-1-5-13-34/h1-32H. The van der Waals surface area contributed by atoms with Crippen LogP contribution in [0, 0.1) is 11.3 Å². The fourth-order valence-corrected chi connectivity index (χ4v) is 7.55. The van der Waals surface area contributed by atoms with Gasteiger partial charge in [0.05, 0.1) is 11.6 Å². The molecule has 0 unspecified atom stereocenters. The van der Waals surface area contributed by atoms with Crippen LogP contribution in [0.25, 0.3) is 101 Å². The van der Waals surface area contributed by atoms with Crippen LogP contribution in [0.5, 0.6) is 0 Å². The molecule has 0 amide bonds. The summed E-state index contributed by atoms with van der Waals surface area (Å²) in [6.45, 7) is 0. The smallest absolute Gasteiger partial charge is 0.164 e. The van der Waals surface area contributed by atoms with Crippen molar-refractivity contribution in [2.75, 3.05) is 0 Å². The quantitative estimate of drug-likeness (QED) is 0.163. The molecule has 10 rings (SSSR count). The molecule has 0 fully saturated rings. The zero-order chi connectivity index (χ0) is 38.1. The Hall–Kier alpha value is -7.94. The zero-order valence-corrected chi connectivity index (χ0v) is 30.7. The van der Waals surface area contributed by atoms with Gasteiger partial charge in [-0.2, -0.15) is 5.26 Å². The van der Waals surface area contributed by atoms with Crippen molar-refractivity contribution in [3.63, 3.8) is 0 Å². The molecule has 0 aliphatic carbocycles. The molecule has 2 heterocycles. The van der Waals surface area contributed by atoms with Gasteiger partial charge < -0.3 is 4.42 Å². The van der Waals surface area contributed by atoms with Gasteiger partial charge >= 0.3 is 0 Å². The molecular formula is C52H32N4O. The van der Waals surface area contributed by atoms with Crippen LogP contribution in [0.1, 0.15) is 5.56 Å². The fourth-order valence-electron chi connectivity index (χ4n) is 7.55. The van der Waals surface area contributed by atoms with Gasteiger partial charge in [0.15, 0.2) is 17.5 Å². The second-order valence-corrected chi connectivity index (χ2v) is 13.9. The van der Waals surface area contributed by atoms with E-state index >= 15 is 0 Å². The average molecular weight is 729 g/mol. The lowest BCUT2D eigenvalue weighted by molar-refractivity contribution is 0.669. The first kappa shape index (κ1) is 33.6. The Morgan fingerprint density at radius 2 is 0.860 bits per heavy atom. The summed E-state index contributed by atoms with van der Waals surface area (Å²) in [5, 5.41) is 12.3. The number of aromatic nitrogens is 3. The van der Waals surface area contributed by atoms with E-state index in [1.54, 1.807) is 0 Å². The number of benzene rings is 8. The van der Waals surface area contributed by atoms with Gasteiger partial charge in [-0.1, -0.05) is 164 Å². The van der Waals surface area contributed by atoms with Gasteiger partial charge in [0, 0.05) is 27.5 Å². The van der Waals surface area contributed by atoms with Crippen molar-refractivity contribution in [3.05, 3.63) is 200 Å². The van der Waals surface area contributed by atoms with E-state index in [0.717, 1.165) is 72.0 Å². The van der Waals surface area contributed by atoms with Crippen molar-refractivity contribution < 1.29 is 4.42 Å². The van der Waals surface area contributed by atoms with E-state index in [9.17, 15) is 5.26 Å². The van der Waals surface area contributed by atoms with Crippen molar-refractivity contribution >= 4 is 21.9 Å². The molecule has 0 N–H and O–H groups in total. The summed E-state index contributed by atoms with van der Waals surface area (Å²) < 4.78 is 6.53. The molecular weight excluding hydrogens is 697 g/mol. The molecule has 5 heteroatoms. The number of furan rings is 1. The van der Waals surface area contributed by atoms with Gasteiger partial charge in [-0.25, -0.2) is 15.0 Å². The van der Waals surface area contributed by atoms with Gasteiger partial charge in [-0.3, -0.25) is 0 Å². The Bertz CT molecular complexity index is 3110. The van der Waals surface area contributed by atoms with E-state index in [4.69, 9.17) is 19.4 Å². The molecule has 5 nitrogen and oxygen atoms in total. The number of rotatable bonds is 7. The lowest BCUT2D eigenvalue weighted by atomic mass is 9.94. The van der Waals surface area contributed by atoms with E-state index in [1.165, 1.54) is 11.1 Å². The minimum atomic E-state index is 0.533. The van der Waals surface area contributed by atoms with E-state index in [1.807, 2.05) is 109 Å². The third-order valence-electron chi connectivity index (χ3n) is 10.4. The molecule has 0 aliphatic rings. The Morgan fingerprint density at radius 1 is 0.351 bits per heavy atom. The summed E-state index contributed by atoms with van der Waals surface area (Å²) in [4.78, 5) is 15.0. The van der Waals surface area contributed by atoms with E-state index in [2.05, 4.69) is 91.0 Å². The van der Waals surface area contributed by atoms with Crippen molar-refractivity contribution in [2.45, 2.75) is 0 Å². The van der Waals surface area contributed by atoms with Crippen molar-refractivity contribution in [3.8, 4) is 84.7 Å². The first-order chi connectivity index (χ1) is 28.2. The van der Waals surface area contributed by atoms with Crippen LogP contribution in [0.2, 0.25) is 0 Å². The van der Waals surface area contributed by atoms with Crippen LogP contribution >= 0.6 is 0 Å². The molecule has 8 aromatic carbocycles. The Morgan fingerprint density at radius 3 is 1.54 bits per heavy atom. The first-order valence-electron chi connectivity index (χ1n) is 18.8. The third kappa shape index (κ3) is 6.42. The molecule has 57 heavy (non-hydrogen) atoms. The third-order valence-corrected chi connectivity index (χ3v) is 10.4. The summed E-state index contributed by atoms with van der Waals surface area (Å²) in [7, 11) is 0. The van der Waals surface area contributed by atoms with E-state index in [-0.39, 0.29) is 0 Å². The number of nitrogens with zero attached hydrogens (tertiary/aromatic N) is 4. The second-order valence-electron chi connectivity index (χ2n) is 13.9. The van der Waals surface area contributed by atoms with Gasteiger partial charge in [-0.05, 0) is 74.8 Å². The molecule has 266 valence electrons. The highest BCUT2D eigenvalue weighted by Gasteiger charge is 2.18. The molecule has 0 bridgehead atoms. The monoisotopic (exact) mass is 728 g/mol. The maximum Gasteiger partial charge on any atom is 0.164 e. The summed E-state index contributed by atoms with van der Waals surface area (Å²) in [5.41, 5.74) is 13.1. The lowest BCUT2D eigenvalue weighted by Crippen LogP contribution is -2.00. The summed E-state index contributed by atoms with van der Waals surface area (Å²) in [6, 6.07) is 68.1. The topological polar surface area (TPSA) is 75.6 Å². The lowest BCUT2D eigenvalue weighted by Gasteiger charge is -2.11. The largest absolute Gasteiger partial charge is 0.456 e. The predicted octanol–water partition coefficient (Wildman–Crippen LogP) is 13.3. The summed E-state index contributed by atoms with van der Waals surface area (Å²) in [6.07, 6.45) is 0. The summed E-state index contributed by atoms with van der Waals surface area (Å²) in [5.74, 6) is 1.64. The van der Waals surface area contributed by atoms with Crippen molar-refractivity contribution in [1.29, 1.82) is 5.26 Å². The highest BCUT2D eigenvalue weighted by atomic mass is 16.3. The molecule has 0 atom stereocenters. The minimum absolute atomic E-state index is 0.533. The second kappa shape index (κ2) is 14.4. The number of fused-ring (bicyclic) bond motifs is 3. The molecule has 2 aromatic heterocycles. The minimum Gasteiger partial charge on any atom is -0.456 e. The molecule has 0 spiro atoms. The van der Waals surface area contributed by atoms with E-state index < -0.39 is 0 Å². The molecule has 0 saturated carbocycles. The first-order valence-corrected chi connectivity index (χ1v) is 18.8. The van der Waals surface area contributed by atoms with Crippen LogP contribution in [0.15, 0.2) is 199 Å². The normalized spacial score (nSPS) is 11.1. The predicted molar refractivity (Wildman–Crippen MR) is 230 cm³/mol. The highest BCUT2D eigenvalue weighted by molar-refractivity contribution is 6.13. The van der Waals surface area contributed by atoms with Crippen LogP contribution in [-0.4, -0.2) is 15.0 Å². The molecule has 0 aliphatic heterocycles. The maximum absolute atomic E-state index is 10.2. The fraction of sp³-hybridized carbons (Fsp3) is 0. The highest BCUT2D eigenvalue weighted by Crippen LogP contribution is 2.39. The molecule has 0 radical (unpaired) electrons. The molecule has 10 aromatic rings. The van der Waals surface area contributed by atoms with Gasteiger partial charge in [0.25, 0.3) is 0 Å². The van der Waals surface area contributed by atoms with Crippen molar-refractivity contribution in [1.82, 2.24) is 15.0 Å². The number of nitriles is 1. The zero-order valence-electron chi connectivity index (χ0n) is 30.7. The van der Waals surface area contributed by atoms with Gasteiger partial charge in [0.1, 0.15) is 11.2 Å². The van der Waals surface area contributed by atoms with Gasteiger partial charge in [0.2, 0.25) is 0 Å². The van der Waals surface area contributed by atoms with Crippen LogP contribution in [0.4, 0.5) is 0 Å². The molecule has 0 saturated heterocycles. The SMILES string of the molecule is N#Cc1cc(-c2ccccc2)ccc1-c1cccc(-c2nc(-c3ccccc3)nc(-c3ccc4c(c3)oc3cccc(-c5ccc(-c6ccccc6)cc5)c34)n2)c1. The van der Waals surface area contributed by atoms with Crippen molar-refractivity contribution in [2.24, 2.45) is 0 Å². The van der Waals surface area contributed by atoms with E-state index in [0.29, 0.717) is 23.0 Å². The Labute approximate surface area is 329 Å². The van der Waals surface area contributed by atoms with Crippen LogP contribution in [0.3, 0.4) is 0 Å². The van der Waals surface area contributed by atoms with Crippen LogP contribution in [-0.2, 0) is 0 Å². The average Bonchev–Trinajstić information content (AvgIpc) is 3.68. The number of hydrogen-bond donors (Lipinski definition) is 0. The van der Waals surface area contributed by atoms with Crippen LogP contribution < -0.4 is 0 Å². The summed E-state index contributed by atoms with van der Waals surface area (Å²) >= 11 is 0.